The second kappa shape index (κ2) is 10.5. The first-order valence-corrected chi connectivity index (χ1v) is 12.1. The molecule has 1 aliphatic heterocycles. The number of hydrogen-bond donors (Lipinski definition) is 2. The van der Waals surface area contributed by atoms with Gasteiger partial charge in [0.2, 0.25) is 5.91 Å². The molecule has 0 saturated carbocycles. The molecule has 5 rings (SSSR count). The van der Waals surface area contributed by atoms with Crippen molar-refractivity contribution in [2.24, 2.45) is 0 Å². The summed E-state index contributed by atoms with van der Waals surface area (Å²) in [6.07, 6.45) is 1.76. The number of amides is 1. The summed E-state index contributed by atoms with van der Waals surface area (Å²) in [4.78, 5) is 18.5. The summed E-state index contributed by atoms with van der Waals surface area (Å²) in [7, 11) is 1.46. The van der Waals surface area contributed by atoms with Gasteiger partial charge in [-0.15, -0.1) is 0 Å². The highest BCUT2D eigenvalue weighted by atomic mass is 35.5. The third-order valence-electron chi connectivity index (χ3n) is 5.86. The molecule has 1 aliphatic rings. The van der Waals surface area contributed by atoms with Crippen molar-refractivity contribution in [3.63, 3.8) is 0 Å². The first-order chi connectivity index (χ1) is 17.5. The van der Waals surface area contributed by atoms with Gasteiger partial charge in [0.25, 0.3) is 0 Å². The fraction of sp³-hybridized carbons (Fsp3) is 0.148. The maximum atomic E-state index is 12.0. The molecule has 0 radical (unpaired) electrons. The quantitative estimate of drug-likeness (QED) is 0.301. The predicted molar refractivity (Wildman–Crippen MR) is 144 cm³/mol. The molecule has 182 valence electrons. The van der Waals surface area contributed by atoms with E-state index in [1.165, 1.54) is 7.11 Å². The molecule has 0 unspecified atom stereocenters. The second-order valence-corrected chi connectivity index (χ2v) is 9.00. The van der Waals surface area contributed by atoms with E-state index in [1.807, 2.05) is 71.6 Å². The van der Waals surface area contributed by atoms with Crippen molar-refractivity contribution < 1.29 is 13.9 Å². The van der Waals surface area contributed by atoms with E-state index in [4.69, 9.17) is 33.0 Å². The van der Waals surface area contributed by atoms with Gasteiger partial charge in [-0.1, -0.05) is 48.0 Å². The second-order valence-electron chi connectivity index (χ2n) is 8.21. The van der Waals surface area contributed by atoms with Crippen molar-refractivity contribution in [2.45, 2.75) is 12.1 Å². The average molecular weight is 519 g/mol. The Labute approximate surface area is 219 Å². The normalized spacial score (nSPS) is 17.2. The van der Waals surface area contributed by atoms with Gasteiger partial charge < -0.3 is 24.7 Å². The molecule has 1 fully saturated rings. The molecule has 2 aromatic heterocycles. The number of nitrogens with one attached hydrogen (secondary N) is 2. The summed E-state index contributed by atoms with van der Waals surface area (Å²) in [6, 6.07) is 24.4. The molecule has 0 spiro atoms. The van der Waals surface area contributed by atoms with Crippen LogP contribution in [0.25, 0.3) is 11.3 Å². The van der Waals surface area contributed by atoms with E-state index in [9.17, 15) is 4.79 Å². The zero-order valence-corrected chi connectivity index (χ0v) is 20.9. The zero-order valence-electron chi connectivity index (χ0n) is 19.4. The Balaban J connectivity index is 1.53. The smallest absolute Gasteiger partial charge is 0.250 e. The van der Waals surface area contributed by atoms with E-state index >= 15 is 0 Å². The van der Waals surface area contributed by atoms with Crippen molar-refractivity contribution in [1.82, 2.24) is 10.3 Å². The number of ether oxygens (including phenoxy) is 1. The molecule has 2 aromatic carbocycles. The van der Waals surface area contributed by atoms with Crippen molar-refractivity contribution in [2.75, 3.05) is 23.9 Å². The molecule has 9 heteroatoms. The molecular weight excluding hydrogens is 496 g/mol. The molecule has 36 heavy (non-hydrogen) atoms. The third-order valence-corrected chi connectivity index (χ3v) is 6.48. The van der Waals surface area contributed by atoms with E-state index in [1.54, 1.807) is 18.3 Å². The highest BCUT2D eigenvalue weighted by Gasteiger charge is 2.42. The molecule has 0 bridgehead atoms. The van der Waals surface area contributed by atoms with Crippen LogP contribution in [0.4, 0.5) is 11.4 Å². The number of rotatable bonds is 7. The van der Waals surface area contributed by atoms with Gasteiger partial charge in [-0.2, -0.15) is 0 Å². The summed E-state index contributed by atoms with van der Waals surface area (Å²) in [5.74, 6) is 1.20. The average Bonchev–Trinajstić information content (AvgIpc) is 3.51. The van der Waals surface area contributed by atoms with Gasteiger partial charge in [0.05, 0.1) is 22.4 Å². The van der Waals surface area contributed by atoms with E-state index in [-0.39, 0.29) is 24.6 Å². The van der Waals surface area contributed by atoms with Crippen molar-refractivity contribution >= 4 is 46.2 Å². The lowest BCUT2D eigenvalue weighted by atomic mass is 10.0. The first kappa shape index (κ1) is 24.0. The van der Waals surface area contributed by atoms with Gasteiger partial charge in [0.1, 0.15) is 24.2 Å². The van der Waals surface area contributed by atoms with E-state index in [0.29, 0.717) is 15.8 Å². The standard InChI is InChI=1S/C27H23ClN4O3S/c1-34-16-24(33)30-20-11-10-18(15-19(20)28)32-26(25(31-27(32)36)21-9-5-6-14-29-21)23-13-12-22(35-23)17-7-3-2-4-8-17/h2-15,25-26H,16H2,1H3,(H,30,33)(H,31,36)/t25-,26+/m1/s1. The van der Waals surface area contributed by atoms with Crippen LogP contribution in [-0.2, 0) is 9.53 Å². The predicted octanol–water partition coefficient (Wildman–Crippen LogP) is 5.76. The summed E-state index contributed by atoms with van der Waals surface area (Å²) < 4.78 is 11.2. The zero-order chi connectivity index (χ0) is 25.1. The molecule has 3 heterocycles. The maximum absolute atomic E-state index is 12.0. The van der Waals surface area contributed by atoms with Gasteiger partial charge in [0, 0.05) is 24.6 Å². The monoisotopic (exact) mass is 518 g/mol. The summed E-state index contributed by atoms with van der Waals surface area (Å²) in [6.45, 7) is -0.0612. The Morgan fingerprint density at radius 1 is 1.14 bits per heavy atom. The van der Waals surface area contributed by atoms with E-state index in [0.717, 1.165) is 28.5 Å². The minimum absolute atomic E-state index is 0.0612. The summed E-state index contributed by atoms with van der Waals surface area (Å²) in [5.41, 5.74) is 3.06. The van der Waals surface area contributed by atoms with Crippen LogP contribution in [0.15, 0.2) is 89.5 Å². The number of anilines is 2. The van der Waals surface area contributed by atoms with Gasteiger partial charge in [-0.3, -0.25) is 9.78 Å². The Kier molecular flexibility index (Phi) is 6.99. The van der Waals surface area contributed by atoms with Crippen LogP contribution in [0.3, 0.4) is 0 Å². The molecule has 4 aromatic rings. The van der Waals surface area contributed by atoms with Gasteiger partial charge >= 0.3 is 0 Å². The van der Waals surface area contributed by atoms with Gasteiger partial charge in [0.15, 0.2) is 5.11 Å². The number of thiocarbonyl (C=S) groups is 1. The summed E-state index contributed by atoms with van der Waals surface area (Å²) >= 11 is 12.3. The maximum Gasteiger partial charge on any atom is 0.250 e. The topological polar surface area (TPSA) is 79.6 Å². The summed E-state index contributed by atoms with van der Waals surface area (Å²) in [5, 5.41) is 7.05. The molecule has 1 saturated heterocycles. The van der Waals surface area contributed by atoms with Crippen molar-refractivity contribution in [3.8, 4) is 11.3 Å². The van der Waals surface area contributed by atoms with Crippen LogP contribution in [0.5, 0.6) is 0 Å². The van der Waals surface area contributed by atoms with Crippen LogP contribution in [0, 0.1) is 0 Å². The lowest BCUT2D eigenvalue weighted by Gasteiger charge is -2.26. The number of carbonyl (C=O) groups excluding carboxylic acids is 1. The van der Waals surface area contributed by atoms with E-state index < -0.39 is 0 Å². The number of pyridine rings is 1. The van der Waals surface area contributed by atoms with Crippen LogP contribution >= 0.6 is 23.8 Å². The largest absolute Gasteiger partial charge is 0.459 e. The number of aromatic nitrogens is 1. The lowest BCUT2D eigenvalue weighted by molar-refractivity contribution is -0.119. The fourth-order valence-electron chi connectivity index (χ4n) is 4.26. The van der Waals surface area contributed by atoms with Gasteiger partial charge in [-0.05, 0) is 54.7 Å². The number of halogens is 1. The van der Waals surface area contributed by atoms with Crippen molar-refractivity contribution in [3.05, 3.63) is 102 Å². The molecule has 2 N–H and O–H groups in total. The molecule has 0 aliphatic carbocycles. The lowest BCUT2D eigenvalue weighted by Crippen LogP contribution is -2.29. The van der Waals surface area contributed by atoms with Gasteiger partial charge in [-0.25, -0.2) is 0 Å². The van der Waals surface area contributed by atoms with Crippen molar-refractivity contribution in [1.29, 1.82) is 0 Å². The Morgan fingerprint density at radius 3 is 2.67 bits per heavy atom. The SMILES string of the molecule is COCC(=O)Nc1ccc(N2C(=S)N[C@H](c3ccccn3)[C@@H]2c2ccc(-c3ccccc3)o2)cc1Cl. The Morgan fingerprint density at radius 2 is 1.94 bits per heavy atom. The Bertz CT molecular complexity index is 1380. The third kappa shape index (κ3) is 4.83. The molecule has 2 atom stereocenters. The number of benzene rings is 2. The molecule has 7 nitrogen and oxygen atoms in total. The highest BCUT2D eigenvalue weighted by molar-refractivity contribution is 7.80. The fourth-order valence-corrected chi connectivity index (χ4v) is 4.83. The minimum atomic E-state index is -0.324. The number of furan rings is 1. The van der Waals surface area contributed by atoms with Crippen LogP contribution in [0.2, 0.25) is 5.02 Å². The minimum Gasteiger partial charge on any atom is -0.459 e. The Hall–Kier alpha value is -3.72. The number of carbonyl (C=O) groups is 1. The first-order valence-electron chi connectivity index (χ1n) is 11.3. The number of methoxy groups -OCH3 is 1. The number of hydrogen-bond acceptors (Lipinski definition) is 5. The molecule has 1 amide bonds. The van der Waals surface area contributed by atoms with Crippen LogP contribution in [-0.4, -0.2) is 29.7 Å². The highest BCUT2D eigenvalue weighted by Crippen LogP contribution is 2.44. The number of nitrogens with zero attached hydrogens (tertiary/aromatic N) is 2. The van der Waals surface area contributed by atoms with E-state index in [2.05, 4.69) is 15.6 Å². The van der Waals surface area contributed by atoms with Crippen LogP contribution < -0.4 is 15.5 Å². The van der Waals surface area contributed by atoms with Crippen LogP contribution in [0.1, 0.15) is 23.5 Å². The molecular formula is C27H23ClN4O3S.